The molecule has 5 nitrogen and oxygen atoms in total. The molecule has 0 unspecified atom stereocenters. The van der Waals surface area contributed by atoms with Crippen LogP contribution in [0.15, 0.2) is 6.20 Å². The van der Waals surface area contributed by atoms with E-state index in [2.05, 4.69) is 31.7 Å². The lowest BCUT2D eigenvalue weighted by atomic mass is 9.84. The third-order valence-electron chi connectivity index (χ3n) is 3.56. The van der Waals surface area contributed by atoms with Crippen LogP contribution >= 0.6 is 23.4 Å². The number of hydrogen-bond donors (Lipinski definition) is 2. The van der Waals surface area contributed by atoms with Gasteiger partial charge in [-0.25, -0.2) is 0 Å². The Balaban J connectivity index is 1.83. The zero-order chi connectivity index (χ0) is 12.6. The van der Waals surface area contributed by atoms with E-state index in [-0.39, 0.29) is 5.28 Å². The van der Waals surface area contributed by atoms with E-state index in [1.165, 1.54) is 19.3 Å². The summed E-state index contributed by atoms with van der Waals surface area (Å²) in [7, 11) is 0. The Morgan fingerprint density at radius 1 is 1.50 bits per heavy atom. The number of rotatable bonds is 4. The van der Waals surface area contributed by atoms with Crippen LogP contribution in [-0.2, 0) is 0 Å². The highest BCUT2D eigenvalue weighted by molar-refractivity contribution is 8.00. The molecule has 96 valence electrons. The van der Waals surface area contributed by atoms with Gasteiger partial charge in [-0.2, -0.15) is 26.8 Å². The quantitative estimate of drug-likeness (QED) is 0.845. The molecule has 2 aromatic rings. The first-order valence-corrected chi connectivity index (χ1v) is 7.48. The van der Waals surface area contributed by atoms with E-state index in [0.29, 0.717) is 10.4 Å². The zero-order valence-electron chi connectivity index (χ0n) is 10.0. The van der Waals surface area contributed by atoms with Gasteiger partial charge in [0.05, 0.1) is 11.6 Å². The molecular formula is C11H14ClN5S. The number of fused-ring (bicyclic) bond motifs is 1. The fraction of sp³-hybridized carbons (Fsp3) is 0.545. The fourth-order valence-electron chi connectivity index (χ4n) is 2.21. The average Bonchev–Trinajstić information content (AvgIpc) is 2.75. The lowest BCUT2D eigenvalue weighted by Gasteiger charge is -2.40. The summed E-state index contributed by atoms with van der Waals surface area (Å²) < 4.78 is 0.355. The van der Waals surface area contributed by atoms with Gasteiger partial charge in [-0.15, -0.1) is 0 Å². The molecule has 0 spiro atoms. The van der Waals surface area contributed by atoms with Gasteiger partial charge in [-0.05, 0) is 30.7 Å². The van der Waals surface area contributed by atoms with E-state index in [9.17, 15) is 0 Å². The molecule has 7 heteroatoms. The van der Waals surface area contributed by atoms with Gasteiger partial charge in [0.25, 0.3) is 0 Å². The van der Waals surface area contributed by atoms with Crippen LogP contribution in [-0.4, -0.2) is 37.7 Å². The third kappa shape index (κ3) is 2.03. The van der Waals surface area contributed by atoms with E-state index in [4.69, 9.17) is 11.6 Å². The SMILES string of the molecule is CSC1(CNc2nc(Cl)nc3[nH]ncc23)CCC1. The molecule has 2 aromatic heterocycles. The molecule has 0 amide bonds. The summed E-state index contributed by atoms with van der Waals surface area (Å²) in [4.78, 5) is 8.33. The van der Waals surface area contributed by atoms with Crippen molar-refractivity contribution < 1.29 is 0 Å². The number of aromatic nitrogens is 4. The number of halogens is 1. The summed E-state index contributed by atoms with van der Waals surface area (Å²) in [5.41, 5.74) is 0.671. The first-order chi connectivity index (χ1) is 8.72. The lowest BCUT2D eigenvalue weighted by molar-refractivity contribution is 0.379. The lowest BCUT2D eigenvalue weighted by Crippen LogP contribution is -2.40. The van der Waals surface area contributed by atoms with Crippen LogP contribution in [0.3, 0.4) is 0 Å². The topological polar surface area (TPSA) is 66.5 Å². The molecule has 0 radical (unpaired) electrons. The first kappa shape index (κ1) is 12.0. The van der Waals surface area contributed by atoms with Crippen molar-refractivity contribution in [3.8, 4) is 0 Å². The maximum absolute atomic E-state index is 5.90. The minimum absolute atomic E-state index is 0.237. The van der Waals surface area contributed by atoms with E-state index in [1.807, 2.05) is 11.8 Å². The van der Waals surface area contributed by atoms with Crippen molar-refractivity contribution in [2.45, 2.75) is 24.0 Å². The molecule has 0 aromatic carbocycles. The van der Waals surface area contributed by atoms with Crippen molar-refractivity contribution in [3.05, 3.63) is 11.5 Å². The van der Waals surface area contributed by atoms with Crippen molar-refractivity contribution in [3.63, 3.8) is 0 Å². The van der Waals surface area contributed by atoms with Crippen molar-refractivity contribution in [1.82, 2.24) is 20.2 Å². The van der Waals surface area contributed by atoms with E-state index in [0.717, 1.165) is 17.7 Å². The molecular weight excluding hydrogens is 270 g/mol. The van der Waals surface area contributed by atoms with Crippen LogP contribution in [0.5, 0.6) is 0 Å². The van der Waals surface area contributed by atoms with Gasteiger partial charge < -0.3 is 5.32 Å². The molecule has 18 heavy (non-hydrogen) atoms. The van der Waals surface area contributed by atoms with Crippen molar-refractivity contribution >= 4 is 40.2 Å². The molecule has 0 atom stereocenters. The fourth-order valence-corrected chi connectivity index (χ4v) is 3.29. The largest absolute Gasteiger partial charge is 0.368 e. The summed E-state index contributed by atoms with van der Waals surface area (Å²) in [5, 5.41) is 11.3. The summed E-state index contributed by atoms with van der Waals surface area (Å²) in [6.45, 7) is 0.905. The van der Waals surface area contributed by atoms with E-state index in [1.54, 1.807) is 6.20 Å². The third-order valence-corrected chi connectivity index (χ3v) is 5.15. The van der Waals surface area contributed by atoms with E-state index < -0.39 is 0 Å². The molecule has 1 aliphatic rings. The molecule has 1 saturated carbocycles. The summed E-state index contributed by atoms with van der Waals surface area (Å²) in [5.74, 6) is 0.763. The highest BCUT2D eigenvalue weighted by Crippen LogP contribution is 2.42. The van der Waals surface area contributed by atoms with Gasteiger partial charge in [-0.3, -0.25) is 5.10 Å². The minimum Gasteiger partial charge on any atom is -0.368 e. The van der Waals surface area contributed by atoms with Gasteiger partial charge in [0.2, 0.25) is 5.28 Å². The number of aromatic amines is 1. The average molecular weight is 284 g/mol. The van der Waals surface area contributed by atoms with Gasteiger partial charge in [0, 0.05) is 11.3 Å². The predicted molar refractivity (Wildman–Crippen MR) is 75.3 cm³/mol. The number of thioether (sulfide) groups is 1. The van der Waals surface area contributed by atoms with Crippen LogP contribution in [0.2, 0.25) is 5.28 Å². The van der Waals surface area contributed by atoms with Crippen molar-refractivity contribution in [2.24, 2.45) is 0 Å². The number of hydrogen-bond acceptors (Lipinski definition) is 5. The van der Waals surface area contributed by atoms with Crippen molar-refractivity contribution in [2.75, 3.05) is 18.1 Å². The minimum atomic E-state index is 0.237. The summed E-state index contributed by atoms with van der Waals surface area (Å²) in [6.07, 6.45) is 7.72. The maximum Gasteiger partial charge on any atom is 0.226 e. The smallest absolute Gasteiger partial charge is 0.226 e. The maximum atomic E-state index is 5.90. The number of H-pyrrole nitrogens is 1. The van der Waals surface area contributed by atoms with Crippen LogP contribution in [0.4, 0.5) is 5.82 Å². The summed E-state index contributed by atoms with van der Waals surface area (Å²) in [6, 6.07) is 0. The van der Waals surface area contributed by atoms with Crippen molar-refractivity contribution in [1.29, 1.82) is 0 Å². The van der Waals surface area contributed by atoms with Crippen LogP contribution in [0, 0.1) is 0 Å². The van der Waals surface area contributed by atoms with Gasteiger partial charge in [0.15, 0.2) is 5.65 Å². The zero-order valence-corrected chi connectivity index (χ0v) is 11.6. The second kappa shape index (κ2) is 4.59. The number of nitrogens with one attached hydrogen (secondary N) is 2. The summed E-state index contributed by atoms with van der Waals surface area (Å²) >= 11 is 7.82. The predicted octanol–water partition coefficient (Wildman–Crippen LogP) is 2.70. The highest BCUT2D eigenvalue weighted by Gasteiger charge is 2.36. The van der Waals surface area contributed by atoms with E-state index >= 15 is 0 Å². The molecule has 2 heterocycles. The first-order valence-electron chi connectivity index (χ1n) is 5.88. The van der Waals surface area contributed by atoms with Crippen LogP contribution in [0.1, 0.15) is 19.3 Å². The Labute approximate surface area is 114 Å². The highest BCUT2D eigenvalue weighted by atomic mass is 35.5. The molecule has 3 rings (SSSR count). The monoisotopic (exact) mass is 283 g/mol. The normalized spacial score (nSPS) is 17.7. The second-order valence-electron chi connectivity index (χ2n) is 4.57. The Hall–Kier alpha value is -1.01. The van der Waals surface area contributed by atoms with Crippen LogP contribution < -0.4 is 5.32 Å². The Kier molecular flexibility index (Phi) is 3.07. The molecule has 2 N–H and O–H groups in total. The molecule has 0 bridgehead atoms. The molecule has 1 aliphatic carbocycles. The number of anilines is 1. The molecule has 1 fully saturated rings. The second-order valence-corrected chi connectivity index (χ2v) is 6.18. The Bertz CT molecular complexity index is 560. The Morgan fingerprint density at radius 2 is 2.33 bits per heavy atom. The molecule has 0 aliphatic heterocycles. The molecule has 0 saturated heterocycles. The number of nitrogens with zero attached hydrogens (tertiary/aromatic N) is 3. The van der Waals surface area contributed by atoms with Gasteiger partial charge >= 0.3 is 0 Å². The Morgan fingerprint density at radius 3 is 3.00 bits per heavy atom. The standard InChI is InChI=1S/C11H14ClN5S/c1-18-11(3-2-4-11)6-13-8-7-5-14-17-9(7)16-10(12)15-8/h5H,2-4,6H2,1H3,(H2,13,14,15,16,17). The van der Waals surface area contributed by atoms with Gasteiger partial charge in [-0.1, -0.05) is 6.42 Å². The van der Waals surface area contributed by atoms with Gasteiger partial charge in [0.1, 0.15) is 5.82 Å². The van der Waals surface area contributed by atoms with Crippen LogP contribution in [0.25, 0.3) is 11.0 Å².